The molecule has 0 radical (unpaired) electrons. The lowest BCUT2D eigenvalue weighted by Gasteiger charge is -2.17. The molecular formula is C19H14F3N5O2. The molecule has 2 N–H and O–H groups in total. The van der Waals surface area contributed by atoms with Crippen molar-refractivity contribution >= 4 is 23.2 Å². The van der Waals surface area contributed by atoms with Gasteiger partial charge in [0.2, 0.25) is 11.8 Å². The smallest absolute Gasteiger partial charge is 0.229 e. The fraction of sp³-hybridized carbons (Fsp3) is 0.158. The van der Waals surface area contributed by atoms with Gasteiger partial charge < -0.3 is 10.2 Å². The molecule has 148 valence electrons. The van der Waals surface area contributed by atoms with Crippen molar-refractivity contribution < 1.29 is 22.8 Å². The first-order valence-corrected chi connectivity index (χ1v) is 8.64. The van der Waals surface area contributed by atoms with E-state index < -0.39 is 35.2 Å². The Morgan fingerprint density at radius 1 is 1.17 bits per heavy atom. The van der Waals surface area contributed by atoms with Crippen molar-refractivity contribution in [2.24, 2.45) is 5.92 Å². The zero-order chi connectivity index (χ0) is 20.5. The first-order chi connectivity index (χ1) is 13.9. The van der Waals surface area contributed by atoms with Gasteiger partial charge in [-0.3, -0.25) is 14.7 Å². The summed E-state index contributed by atoms with van der Waals surface area (Å²) < 4.78 is 40.1. The molecule has 1 saturated heterocycles. The van der Waals surface area contributed by atoms with Crippen molar-refractivity contribution in [3.8, 4) is 11.4 Å². The predicted octanol–water partition coefficient (Wildman–Crippen LogP) is 2.88. The van der Waals surface area contributed by atoms with Crippen molar-refractivity contribution in [2.75, 3.05) is 16.8 Å². The van der Waals surface area contributed by atoms with Gasteiger partial charge in [-0.25, -0.2) is 18.2 Å². The summed E-state index contributed by atoms with van der Waals surface area (Å²) in [7, 11) is 0. The number of aromatic nitrogens is 3. The fourth-order valence-corrected chi connectivity index (χ4v) is 3.16. The normalized spacial score (nSPS) is 16.3. The minimum atomic E-state index is -1.61. The Labute approximate surface area is 162 Å². The number of hydrogen-bond donors (Lipinski definition) is 2. The molecule has 3 aromatic rings. The maximum absolute atomic E-state index is 13.5. The third-order valence-corrected chi connectivity index (χ3v) is 4.59. The summed E-state index contributed by atoms with van der Waals surface area (Å²) in [5.74, 6) is -5.50. The van der Waals surface area contributed by atoms with Crippen molar-refractivity contribution in [2.45, 2.75) is 6.42 Å². The lowest BCUT2D eigenvalue weighted by Crippen LogP contribution is -2.28. The van der Waals surface area contributed by atoms with E-state index in [2.05, 4.69) is 20.5 Å². The van der Waals surface area contributed by atoms with Gasteiger partial charge >= 0.3 is 0 Å². The monoisotopic (exact) mass is 401 g/mol. The van der Waals surface area contributed by atoms with E-state index in [1.807, 2.05) is 0 Å². The highest BCUT2D eigenvalue weighted by molar-refractivity contribution is 6.03. The molecule has 2 amide bonds. The predicted molar refractivity (Wildman–Crippen MR) is 97.2 cm³/mol. The Bertz CT molecular complexity index is 1060. The molecule has 0 unspecified atom stereocenters. The highest BCUT2D eigenvalue weighted by Gasteiger charge is 2.36. The molecule has 2 heterocycles. The average Bonchev–Trinajstić information content (AvgIpc) is 3.36. The summed E-state index contributed by atoms with van der Waals surface area (Å²) in [6.45, 7) is -0.0724. The van der Waals surface area contributed by atoms with Gasteiger partial charge in [-0.1, -0.05) is 12.1 Å². The molecule has 1 aliphatic rings. The number of aromatic amines is 1. The first kappa shape index (κ1) is 18.7. The quantitative estimate of drug-likeness (QED) is 0.658. The van der Waals surface area contributed by atoms with E-state index in [4.69, 9.17) is 0 Å². The second-order valence-electron chi connectivity index (χ2n) is 6.53. The molecule has 2 aromatic carbocycles. The molecule has 1 atom stereocenters. The van der Waals surface area contributed by atoms with Crippen LogP contribution in [0, 0.1) is 23.4 Å². The van der Waals surface area contributed by atoms with Crippen molar-refractivity contribution in [1.29, 1.82) is 0 Å². The van der Waals surface area contributed by atoms with Crippen LogP contribution in [0.4, 0.5) is 24.5 Å². The van der Waals surface area contributed by atoms with E-state index >= 15 is 0 Å². The van der Waals surface area contributed by atoms with Crippen molar-refractivity contribution in [1.82, 2.24) is 15.2 Å². The van der Waals surface area contributed by atoms with Crippen LogP contribution in [-0.2, 0) is 9.59 Å². The Morgan fingerprint density at radius 2 is 1.93 bits per heavy atom. The van der Waals surface area contributed by atoms with Crippen molar-refractivity contribution in [3.05, 3.63) is 60.2 Å². The Balaban J connectivity index is 1.48. The third kappa shape index (κ3) is 3.68. The number of nitrogens with zero attached hydrogens (tertiary/aromatic N) is 3. The van der Waals surface area contributed by atoms with Crippen molar-refractivity contribution in [3.63, 3.8) is 0 Å². The lowest BCUT2D eigenvalue weighted by atomic mass is 10.1. The molecule has 7 nitrogen and oxygen atoms in total. The summed E-state index contributed by atoms with van der Waals surface area (Å²) in [5, 5.41) is 9.21. The summed E-state index contributed by atoms with van der Waals surface area (Å²) in [6, 6.07) is 8.35. The number of hydrogen-bond acceptors (Lipinski definition) is 4. The molecule has 1 fully saturated rings. The van der Waals surface area contributed by atoms with Gasteiger partial charge in [0.05, 0.1) is 5.92 Å². The van der Waals surface area contributed by atoms with Crippen LogP contribution in [0.2, 0.25) is 0 Å². The van der Waals surface area contributed by atoms with Crippen LogP contribution in [-0.4, -0.2) is 33.5 Å². The SMILES string of the molecule is O=C(Nc1cccc(-c2ncn[nH]2)c1)[C@@H]1CC(=O)N(c2cc(F)c(F)c(F)c2)C1. The molecule has 0 aliphatic carbocycles. The maximum atomic E-state index is 13.5. The molecule has 0 spiro atoms. The van der Waals surface area contributed by atoms with Gasteiger partial charge in [0.25, 0.3) is 0 Å². The fourth-order valence-electron chi connectivity index (χ4n) is 3.16. The van der Waals surface area contributed by atoms with Gasteiger partial charge in [0.1, 0.15) is 6.33 Å². The summed E-state index contributed by atoms with van der Waals surface area (Å²) in [4.78, 5) is 29.9. The zero-order valence-corrected chi connectivity index (χ0v) is 14.8. The zero-order valence-electron chi connectivity index (χ0n) is 14.8. The highest BCUT2D eigenvalue weighted by atomic mass is 19.2. The average molecular weight is 401 g/mol. The molecule has 0 bridgehead atoms. The molecule has 4 rings (SSSR count). The van der Waals surface area contributed by atoms with Crippen LogP contribution in [0.3, 0.4) is 0 Å². The Kier molecular flexibility index (Phi) is 4.75. The van der Waals surface area contributed by atoms with Crippen LogP contribution >= 0.6 is 0 Å². The number of anilines is 2. The number of carbonyl (C=O) groups excluding carboxylic acids is 2. The largest absolute Gasteiger partial charge is 0.326 e. The minimum absolute atomic E-state index is 0.0724. The van der Waals surface area contributed by atoms with Gasteiger partial charge in [0, 0.05) is 42.0 Å². The number of rotatable bonds is 4. The second-order valence-corrected chi connectivity index (χ2v) is 6.53. The number of carbonyl (C=O) groups is 2. The van der Waals surface area contributed by atoms with Crippen LogP contribution in [0.1, 0.15) is 6.42 Å². The topological polar surface area (TPSA) is 91.0 Å². The van der Waals surface area contributed by atoms with Crippen LogP contribution in [0.15, 0.2) is 42.7 Å². The summed E-state index contributed by atoms with van der Waals surface area (Å²) >= 11 is 0. The Hall–Kier alpha value is -3.69. The number of nitrogens with one attached hydrogen (secondary N) is 2. The summed E-state index contributed by atoms with van der Waals surface area (Å²) in [6.07, 6.45) is 1.23. The van der Waals surface area contributed by atoms with Gasteiger partial charge in [-0.05, 0) is 12.1 Å². The highest BCUT2D eigenvalue weighted by Crippen LogP contribution is 2.29. The lowest BCUT2D eigenvalue weighted by molar-refractivity contribution is -0.122. The standard InChI is InChI=1S/C19H14F3N5O2/c20-14-6-13(7-15(21)17(14)22)27-8-11(5-16(27)28)19(29)25-12-3-1-2-10(4-12)18-23-9-24-26-18/h1-4,6-7,9,11H,5,8H2,(H,25,29)(H,23,24,26)/t11-/m1/s1. The molecule has 0 saturated carbocycles. The number of halogens is 3. The molecule has 10 heteroatoms. The number of benzene rings is 2. The van der Waals surface area contributed by atoms with Crippen LogP contribution < -0.4 is 10.2 Å². The van der Waals surface area contributed by atoms with E-state index in [1.165, 1.54) is 6.33 Å². The van der Waals surface area contributed by atoms with E-state index in [0.717, 1.165) is 17.0 Å². The van der Waals surface area contributed by atoms with E-state index in [9.17, 15) is 22.8 Å². The second kappa shape index (κ2) is 7.38. The molecule has 29 heavy (non-hydrogen) atoms. The van der Waals surface area contributed by atoms with Crippen LogP contribution in [0.25, 0.3) is 11.4 Å². The van der Waals surface area contributed by atoms with E-state index in [-0.39, 0.29) is 18.7 Å². The number of H-pyrrole nitrogens is 1. The van der Waals surface area contributed by atoms with Gasteiger partial charge in [-0.15, -0.1) is 0 Å². The van der Waals surface area contributed by atoms with E-state index in [1.54, 1.807) is 24.3 Å². The molecule has 1 aromatic heterocycles. The van der Waals surface area contributed by atoms with Gasteiger partial charge in [-0.2, -0.15) is 5.10 Å². The van der Waals surface area contributed by atoms with Gasteiger partial charge in [0.15, 0.2) is 23.3 Å². The maximum Gasteiger partial charge on any atom is 0.229 e. The molecular weight excluding hydrogens is 387 g/mol. The minimum Gasteiger partial charge on any atom is -0.326 e. The molecule has 1 aliphatic heterocycles. The summed E-state index contributed by atoms with van der Waals surface area (Å²) in [5.41, 5.74) is 1.07. The first-order valence-electron chi connectivity index (χ1n) is 8.64. The van der Waals surface area contributed by atoms with E-state index in [0.29, 0.717) is 17.1 Å². The number of amides is 2. The Morgan fingerprint density at radius 3 is 2.62 bits per heavy atom. The third-order valence-electron chi connectivity index (χ3n) is 4.59. The van der Waals surface area contributed by atoms with Crippen LogP contribution in [0.5, 0.6) is 0 Å².